The monoisotopic (exact) mass is 468 g/mol. The molecule has 0 spiro atoms. The Morgan fingerprint density at radius 2 is 1.88 bits per heavy atom. The summed E-state index contributed by atoms with van der Waals surface area (Å²) in [6, 6.07) is 5.16. The maximum absolute atomic E-state index is 12.5. The molecule has 0 atom stereocenters. The van der Waals surface area contributed by atoms with Gasteiger partial charge in [0.15, 0.2) is 5.96 Å². The molecule has 0 fully saturated rings. The lowest BCUT2D eigenvalue weighted by Gasteiger charge is -2.12. The fourth-order valence-electron chi connectivity index (χ4n) is 2.05. The Kier molecular flexibility index (Phi) is 8.13. The Morgan fingerprint density at radius 1 is 1.20 bits per heavy atom. The standard InChI is InChI=1S/C15H19F3N6.HI/c1-19-14(21-9-13-22-10-23-24(13)2)20-8-7-11-3-5-12(6-4-11)15(16,17)18;/h3-6,10H,7-9H2,1-2H3,(H2,19,20,21);1H. The fourth-order valence-corrected chi connectivity index (χ4v) is 2.05. The van der Waals surface area contributed by atoms with Crippen LogP contribution in [0.2, 0.25) is 0 Å². The molecule has 0 bridgehead atoms. The average molecular weight is 468 g/mol. The molecule has 0 amide bonds. The van der Waals surface area contributed by atoms with E-state index >= 15 is 0 Å². The van der Waals surface area contributed by atoms with Gasteiger partial charge in [-0.3, -0.25) is 9.67 Å². The van der Waals surface area contributed by atoms with Crippen LogP contribution >= 0.6 is 24.0 Å². The van der Waals surface area contributed by atoms with Gasteiger partial charge >= 0.3 is 6.18 Å². The molecule has 138 valence electrons. The highest BCUT2D eigenvalue weighted by Crippen LogP contribution is 2.29. The van der Waals surface area contributed by atoms with Crippen LogP contribution in [0.25, 0.3) is 0 Å². The molecule has 2 rings (SSSR count). The van der Waals surface area contributed by atoms with Crippen molar-refractivity contribution in [1.82, 2.24) is 25.4 Å². The predicted octanol–water partition coefficient (Wildman–Crippen LogP) is 2.36. The van der Waals surface area contributed by atoms with Gasteiger partial charge in [0, 0.05) is 20.6 Å². The molecular weight excluding hydrogens is 448 g/mol. The number of rotatable bonds is 5. The van der Waals surface area contributed by atoms with Crippen LogP contribution in [-0.4, -0.2) is 34.3 Å². The molecule has 0 aliphatic rings. The predicted molar refractivity (Wildman–Crippen MR) is 99.8 cm³/mol. The fraction of sp³-hybridized carbons (Fsp3) is 0.400. The van der Waals surface area contributed by atoms with E-state index in [2.05, 4.69) is 25.7 Å². The Bertz CT molecular complexity index is 681. The lowest BCUT2D eigenvalue weighted by molar-refractivity contribution is -0.137. The molecule has 1 aromatic carbocycles. The molecule has 2 aromatic rings. The lowest BCUT2D eigenvalue weighted by atomic mass is 10.1. The molecule has 0 aliphatic heterocycles. The Labute approximate surface area is 161 Å². The molecule has 0 saturated heterocycles. The second-order valence-corrected chi connectivity index (χ2v) is 5.10. The average Bonchev–Trinajstić information content (AvgIpc) is 2.95. The summed E-state index contributed by atoms with van der Waals surface area (Å²) in [5.41, 5.74) is 0.180. The summed E-state index contributed by atoms with van der Waals surface area (Å²) in [5, 5.41) is 10.2. The summed E-state index contributed by atoms with van der Waals surface area (Å²) >= 11 is 0. The van der Waals surface area contributed by atoms with Crippen molar-refractivity contribution in [2.24, 2.45) is 12.0 Å². The number of aromatic nitrogens is 3. The number of guanidine groups is 1. The van der Waals surface area contributed by atoms with E-state index < -0.39 is 11.7 Å². The topological polar surface area (TPSA) is 67.1 Å². The summed E-state index contributed by atoms with van der Waals surface area (Å²) in [6.45, 7) is 1.01. The maximum atomic E-state index is 12.5. The molecule has 25 heavy (non-hydrogen) atoms. The quantitative estimate of drug-likeness (QED) is 0.402. The molecule has 2 N–H and O–H groups in total. The second kappa shape index (κ2) is 9.59. The van der Waals surface area contributed by atoms with Crippen LogP contribution in [0.15, 0.2) is 35.6 Å². The van der Waals surface area contributed by atoms with Gasteiger partial charge in [0.2, 0.25) is 0 Å². The van der Waals surface area contributed by atoms with E-state index in [1.54, 1.807) is 18.8 Å². The minimum absolute atomic E-state index is 0. The van der Waals surface area contributed by atoms with Crippen molar-refractivity contribution < 1.29 is 13.2 Å². The molecule has 0 radical (unpaired) electrons. The molecule has 0 saturated carbocycles. The molecule has 1 heterocycles. The highest BCUT2D eigenvalue weighted by Gasteiger charge is 2.29. The first-order chi connectivity index (χ1) is 11.4. The number of nitrogens with zero attached hydrogens (tertiary/aromatic N) is 4. The number of benzene rings is 1. The summed E-state index contributed by atoms with van der Waals surface area (Å²) in [4.78, 5) is 8.18. The zero-order chi connectivity index (χ0) is 17.6. The Hall–Kier alpha value is -1.85. The van der Waals surface area contributed by atoms with E-state index in [1.165, 1.54) is 18.5 Å². The van der Waals surface area contributed by atoms with E-state index in [0.717, 1.165) is 23.5 Å². The number of halogens is 4. The number of alkyl halides is 3. The van der Waals surface area contributed by atoms with Gasteiger partial charge in [-0.15, -0.1) is 24.0 Å². The van der Waals surface area contributed by atoms with Crippen molar-refractivity contribution in [2.75, 3.05) is 13.6 Å². The SMILES string of the molecule is CN=C(NCCc1ccc(C(F)(F)F)cc1)NCc1ncnn1C.I. The summed E-state index contributed by atoms with van der Waals surface area (Å²) in [7, 11) is 3.44. The van der Waals surface area contributed by atoms with Crippen molar-refractivity contribution in [2.45, 2.75) is 19.1 Å². The smallest absolute Gasteiger partial charge is 0.356 e. The lowest BCUT2D eigenvalue weighted by Crippen LogP contribution is -2.38. The first kappa shape index (κ1) is 21.2. The third-order valence-electron chi connectivity index (χ3n) is 3.43. The van der Waals surface area contributed by atoms with E-state index in [0.29, 0.717) is 25.5 Å². The molecule has 10 heteroatoms. The Morgan fingerprint density at radius 3 is 2.40 bits per heavy atom. The minimum Gasteiger partial charge on any atom is -0.356 e. The Balaban J connectivity index is 0.00000312. The molecule has 0 aliphatic carbocycles. The van der Waals surface area contributed by atoms with E-state index in [9.17, 15) is 13.2 Å². The number of aryl methyl sites for hydroxylation is 1. The molecule has 6 nitrogen and oxygen atoms in total. The molecule has 1 aromatic heterocycles. The third-order valence-corrected chi connectivity index (χ3v) is 3.43. The number of aliphatic imine (C=N–C) groups is 1. The minimum atomic E-state index is -4.30. The van der Waals surface area contributed by atoms with Crippen molar-refractivity contribution in [1.29, 1.82) is 0 Å². The van der Waals surface area contributed by atoms with Crippen molar-refractivity contribution in [3.8, 4) is 0 Å². The first-order valence-corrected chi connectivity index (χ1v) is 7.33. The second-order valence-electron chi connectivity index (χ2n) is 5.10. The first-order valence-electron chi connectivity index (χ1n) is 7.33. The summed E-state index contributed by atoms with van der Waals surface area (Å²) in [6.07, 6.45) is -2.25. The number of hydrogen-bond acceptors (Lipinski definition) is 3. The van der Waals surface area contributed by atoms with Gasteiger partial charge in [-0.25, -0.2) is 4.98 Å². The van der Waals surface area contributed by atoms with Gasteiger partial charge in [0.25, 0.3) is 0 Å². The van der Waals surface area contributed by atoms with Crippen LogP contribution in [0.4, 0.5) is 13.2 Å². The zero-order valence-corrected chi connectivity index (χ0v) is 16.2. The maximum Gasteiger partial charge on any atom is 0.416 e. The van der Waals surface area contributed by atoms with Crippen LogP contribution in [0, 0.1) is 0 Å². The number of nitrogens with one attached hydrogen (secondary N) is 2. The molecule has 0 unspecified atom stereocenters. The van der Waals surface area contributed by atoms with E-state index in [4.69, 9.17) is 0 Å². The van der Waals surface area contributed by atoms with Gasteiger partial charge in [-0.1, -0.05) is 12.1 Å². The van der Waals surface area contributed by atoms with Gasteiger partial charge in [0.05, 0.1) is 12.1 Å². The largest absolute Gasteiger partial charge is 0.416 e. The van der Waals surface area contributed by atoms with Crippen LogP contribution in [-0.2, 0) is 26.2 Å². The van der Waals surface area contributed by atoms with E-state index in [1.807, 2.05) is 0 Å². The van der Waals surface area contributed by atoms with Crippen LogP contribution < -0.4 is 10.6 Å². The van der Waals surface area contributed by atoms with Gasteiger partial charge in [0.1, 0.15) is 12.2 Å². The van der Waals surface area contributed by atoms with Gasteiger partial charge in [-0.05, 0) is 24.1 Å². The van der Waals surface area contributed by atoms with Crippen LogP contribution in [0.3, 0.4) is 0 Å². The number of hydrogen-bond donors (Lipinski definition) is 2. The highest BCUT2D eigenvalue weighted by molar-refractivity contribution is 14.0. The van der Waals surface area contributed by atoms with E-state index in [-0.39, 0.29) is 24.0 Å². The van der Waals surface area contributed by atoms with Crippen molar-refractivity contribution in [3.05, 3.63) is 47.5 Å². The van der Waals surface area contributed by atoms with Crippen molar-refractivity contribution in [3.63, 3.8) is 0 Å². The van der Waals surface area contributed by atoms with Crippen LogP contribution in [0.1, 0.15) is 17.0 Å². The van der Waals surface area contributed by atoms with Crippen molar-refractivity contribution >= 4 is 29.9 Å². The highest BCUT2D eigenvalue weighted by atomic mass is 127. The zero-order valence-electron chi connectivity index (χ0n) is 13.8. The summed E-state index contributed by atoms with van der Waals surface area (Å²) in [5.74, 6) is 1.35. The van der Waals surface area contributed by atoms with Gasteiger partial charge < -0.3 is 10.6 Å². The van der Waals surface area contributed by atoms with Crippen LogP contribution in [0.5, 0.6) is 0 Å². The normalized spacial score (nSPS) is 11.8. The third kappa shape index (κ3) is 6.52. The summed E-state index contributed by atoms with van der Waals surface area (Å²) < 4.78 is 39.2. The molecular formula is C15H20F3IN6. The van der Waals surface area contributed by atoms with Gasteiger partial charge in [-0.2, -0.15) is 18.3 Å².